The maximum atomic E-state index is 13.8. The second-order valence-electron chi connectivity index (χ2n) is 10.4. The van der Waals surface area contributed by atoms with Crippen LogP contribution in [0.15, 0.2) is 54.6 Å². The SMILES string of the molecule is C[C@H](C(=O)N1CCC(C2CCN(C)CC2)CC1)N(C(=O)c1cc2cc(Cl)ccc2[nH]1)c1ccccc1. The van der Waals surface area contributed by atoms with Crippen molar-refractivity contribution in [3.8, 4) is 0 Å². The Morgan fingerprint density at radius 3 is 2.25 bits per heavy atom. The van der Waals surface area contributed by atoms with Gasteiger partial charge in [-0.3, -0.25) is 14.5 Å². The van der Waals surface area contributed by atoms with Gasteiger partial charge in [-0.25, -0.2) is 0 Å². The van der Waals surface area contributed by atoms with Crippen molar-refractivity contribution < 1.29 is 9.59 Å². The largest absolute Gasteiger partial charge is 0.351 e. The molecule has 1 N–H and O–H groups in total. The van der Waals surface area contributed by atoms with E-state index in [1.807, 2.05) is 60.4 Å². The molecule has 5 rings (SSSR count). The van der Waals surface area contributed by atoms with Crippen LogP contribution >= 0.6 is 11.6 Å². The highest BCUT2D eigenvalue weighted by Gasteiger charge is 2.35. The third-order valence-corrected chi connectivity index (χ3v) is 8.33. The highest BCUT2D eigenvalue weighted by Crippen LogP contribution is 2.33. The molecule has 2 aliphatic rings. The van der Waals surface area contributed by atoms with E-state index in [2.05, 4.69) is 16.9 Å². The van der Waals surface area contributed by atoms with Crippen molar-refractivity contribution in [1.82, 2.24) is 14.8 Å². The Kier molecular flexibility index (Phi) is 7.35. The lowest BCUT2D eigenvalue weighted by Crippen LogP contribution is -2.52. The number of carbonyl (C=O) groups excluding carboxylic acids is 2. The van der Waals surface area contributed by atoms with Crippen LogP contribution in [0.4, 0.5) is 5.69 Å². The highest BCUT2D eigenvalue weighted by atomic mass is 35.5. The van der Waals surface area contributed by atoms with Gasteiger partial charge in [0, 0.05) is 34.7 Å². The molecule has 1 atom stereocenters. The summed E-state index contributed by atoms with van der Waals surface area (Å²) in [6.07, 6.45) is 4.62. The number of aromatic amines is 1. The second kappa shape index (κ2) is 10.7. The van der Waals surface area contributed by atoms with Gasteiger partial charge in [-0.05, 0) is 101 Å². The van der Waals surface area contributed by atoms with E-state index in [1.54, 1.807) is 11.0 Å². The van der Waals surface area contributed by atoms with Crippen LogP contribution in [0.3, 0.4) is 0 Å². The number of rotatable bonds is 5. The van der Waals surface area contributed by atoms with E-state index in [0.717, 1.165) is 42.8 Å². The summed E-state index contributed by atoms with van der Waals surface area (Å²) in [6.45, 7) is 5.73. The molecule has 3 heterocycles. The molecule has 0 spiro atoms. The number of likely N-dealkylation sites (tertiary alicyclic amines) is 2. The van der Waals surface area contributed by atoms with Crippen molar-refractivity contribution >= 4 is 40.0 Å². The molecule has 6 nitrogen and oxygen atoms in total. The first kappa shape index (κ1) is 24.8. The molecule has 2 saturated heterocycles. The molecular formula is C29H35ClN4O2. The van der Waals surface area contributed by atoms with Crippen LogP contribution in [0.5, 0.6) is 0 Å². The van der Waals surface area contributed by atoms with Crippen molar-refractivity contribution in [2.75, 3.05) is 38.1 Å². The molecule has 2 fully saturated rings. The van der Waals surface area contributed by atoms with Crippen LogP contribution in [0.2, 0.25) is 5.02 Å². The van der Waals surface area contributed by atoms with Crippen molar-refractivity contribution in [3.05, 3.63) is 65.3 Å². The van der Waals surface area contributed by atoms with Gasteiger partial charge in [0.15, 0.2) is 0 Å². The number of nitrogens with zero attached hydrogens (tertiary/aromatic N) is 3. The number of anilines is 1. The number of H-pyrrole nitrogens is 1. The quantitative estimate of drug-likeness (QED) is 0.501. The van der Waals surface area contributed by atoms with Gasteiger partial charge in [-0.1, -0.05) is 29.8 Å². The van der Waals surface area contributed by atoms with E-state index in [9.17, 15) is 9.59 Å². The minimum Gasteiger partial charge on any atom is -0.351 e. The van der Waals surface area contributed by atoms with E-state index in [4.69, 9.17) is 11.6 Å². The standard InChI is InChI=1S/C29H35ClN4O2/c1-20(28(35)33-16-12-22(13-17-33)21-10-14-32(2)15-11-21)34(25-6-4-3-5-7-25)29(36)27-19-23-18-24(30)8-9-26(23)31-27/h3-9,18-22,31H,10-17H2,1-2H3/t20-/m1/s1. The maximum absolute atomic E-state index is 13.8. The zero-order chi connectivity index (χ0) is 25.2. The maximum Gasteiger partial charge on any atom is 0.275 e. The third-order valence-electron chi connectivity index (χ3n) is 8.09. The molecule has 0 bridgehead atoms. The molecule has 0 aliphatic carbocycles. The Balaban J connectivity index is 1.33. The van der Waals surface area contributed by atoms with E-state index in [-0.39, 0.29) is 11.8 Å². The van der Waals surface area contributed by atoms with E-state index in [0.29, 0.717) is 22.3 Å². The van der Waals surface area contributed by atoms with Crippen molar-refractivity contribution in [2.24, 2.45) is 11.8 Å². The number of para-hydroxylation sites is 1. The lowest BCUT2D eigenvalue weighted by molar-refractivity contribution is -0.133. The minimum atomic E-state index is -0.616. The fourth-order valence-electron chi connectivity index (χ4n) is 5.92. The fourth-order valence-corrected chi connectivity index (χ4v) is 6.10. The van der Waals surface area contributed by atoms with Gasteiger partial charge in [-0.15, -0.1) is 0 Å². The number of benzene rings is 2. The van der Waals surface area contributed by atoms with Gasteiger partial charge >= 0.3 is 0 Å². The molecular weight excluding hydrogens is 472 g/mol. The lowest BCUT2D eigenvalue weighted by Gasteiger charge is -2.41. The van der Waals surface area contributed by atoms with Gasteiger partial charge < -0.3 is 14.8 Å². The summed E-state index contributed by atoms with van der Waals surface area (Å²) < 4.78 is 0. The molecule has 36 heavy (non-hydrogen) atoms. The zero-order valence-corrected chi connectivity index (χ0v) is 21.9. The third kappa shape index (κ3) is 5.16. The number of hydrogen-bond donors (Lipinski definition) is 1. The predicted molar refractivity (Wildman–Crippen MR) is 146 cm³/mol. The Morgan fingerprint density at radius 2 is 1.58 bits per heavy atom. The van der Waals surface area contributed by atoms with Gasteiger partial charge in [0.1, 0.15) is 11.7 Å². The normalized spacial score (nSPS) is 18.9. The molecule has 0 radical (unpaired) electrons. The Labute approximate surface area is 218 Å². The lowest BCUT2D eigenvalue weighted by atomic mass is 9.79. The molecule has 0 unspecified atom stereocenters. The molecule has 7 heteroatoms. The highest BCUT2D eigenvalue weighted by molar-refractivity contribution is 6.31. The molecule has 190 valence electrons. The average Bonchev–Trinajstić information content (AvgIpc) is 3.33. The number of nitrogens with one attached hydrogen (secondary N) is 1. The molecule has 2 aliphatic heterocycles. The van der Waals surface area contributed by atoms with Crippen molar-refractivity contribution in [3.63, 3.8) is 0 Å². The topological polar surface area (TPSA) is 59.7 Å². The number of aromatic nitrogens is 1. The average molecular weight is 507 g/mol. The Morgan fingerprint density at radius 1 is 0.944 bits per heavy atom. The number of halogens is 1. The fraction of sp³-hybridized carbons (Fsp3) is 0.448. The van der Waals surface area contributed by atoms with Crippen LogP contribution in [0.25, 0.3) is 10.9 Å². The molecule has 3 aromatic rings. The van der Waals surface area contributed by atoms with E-state index in [1.165, 1.54) is 25.9 Å². The van der Waals surface area contributed by atoms with Gasteiger partial charge in [0.2, 0.25) is 5.91 Å². The zero-order valence-electron chi connectivity index (χ0n) is 21.1. The first-order valence-corrected chi connectivity index (χ1v) is 13.4. The van der Waals surface area contributed by atoms with Crippen LogP contribution in [0.1, 0.15) is 43.1 Å². The molecule has 1 aromatic heterocycles. The predicted octanol–water partition coefficient (Wildman–Crippen LogP) is 5.44. The first-order chi connectivity index (χ1) is 17.4. The summed E-state index contributed by atoms with van der Waals surface area (Å²) in [6, 6.07) is 16.2. The summed E-state index contributed by atoms with van der Waals surface area (Å²) >= 11 is 6.15. The number of hydrogen-bond acceptors (Lipinski definition) is 3. The summed E-state index contributed by atoms with van der Waals surface area (Å²) in [5, 5.41) is 1.49. The second-order valence-corrected chi connectivity index (χ2v) is 10.8. The molecule has 2 aromatic carbocycles. The van der Waals surface area contributed by atoms with Gasteiger partial charge in [0.25, 0.3) is 5.91 Å². The summed E-state index contributed by atoms with van der Waals surface area (Å²) in [4.78, 5) is 36.7. The monoisotopic (exact) mass is 506 g/mol. The van der Waals surface area contributed by atoms with Gasteiger partial charge in [-0.2, -0.15) is 0 Å². The Hall–Kier alpha value is -2.83. The number of amides is 2. The summed E-state index contributed by atoms with van der Waals surface area (Å²) in [5.41, 5.74) is 1.99. The van der Waals surface area contributed by atoms with E-state index >= 15 is 0 Å². The number of carbonyl (C=O) groups is 2. The van der Waals surface area contributed by atoms with E-state index < -0.39 is 6.04 Å². The van der Waals surface area contributed by atoms with Crippen molar-refractivity contribution in [2.45, 2.75) is 38.6 Å². The van der Waals surface area contributed by atoms with Gasteiger partial charge in [0.05, 0.1) is 0 Å². The van der Waals surface area contributed by atoms with Crippen LogP contribution in [0, 0.1) is 11.8 Å². The smallest absolute Gasteiger partial charge is 0.275 e. The summed E-state index contributed by atoms with van der Waals surface area (Å²) in [7, 11) is 2.20. The Bertz CT molecular complexity index is 1210. The van der Waals surface area contributed by atoms with Crippen molar-refractivity contribution in [1.29, 1.82) is 0 Å². The van der Waals surface area contributed by atoms with Crippen LogP contribution in [-0.2, 0) is 4.79 Å². The van der Waals surface area contributed by atoms with Crippen LogP contribution < -0.4 is 4.90 Å². The molecule has 2 amide bonds. The number of piperidine rings is 2. The minimum absolute atomic E-state index is 0.00758. The number of fused-ring (bicyclic) bond motifs is 1. The van der Waals surface area contributed by atoms with Crippen LogP contribution in [-0.4, -0.2) is 65.9 Å². The first-order valence-electron chi connectivity index (χ1n) is 13.0. The molecule has 0 saturated carbocycles. The summed E-state index contributed by atoms with van der Waals surface area (Å²) in [5.74, 6) is 1.25.